The van der Waals surface area contributed by atoms with E-state index < -0.39 is 29.0 Å². The van der Waals surface area contributed by atoms with Gasteiger partial charge in [0.05, 0.1) is 11.1 Å². The van der Waals surface area contributed by atoms with E-state index in [1.54, 1.807) is 0 Å². The van der Waals surface area contributed by atoms with Crippen molar-refractivity contribution in [3.8, 4) is 11.6 Å². The predicted octanol–water partition coefficient (Wildman–Crippen LogP) is 3.71. The Hall–Kier alpha value is -2.68. The van der Waals surface area contributed by atoms with E-state index >= 15 is 0 Å². The SMILES string of the molecule is CC(C)(N)C(=O)Nc1ccc(Oc2ccc(C(F)(F)F)cn2)c(F)c1. The minimum atomic E-state index is -4.52. The molecule has 0 aliphatic rings. The Morgan fingerprint density at radius 2 is 1.88 bits per heavy atom. The standard InChI is InChI=1S/C16H15F4N3O2/c1-15(2,21)14(24)23-10-4-5-12(11(17)7-10)25-13-6-3-9(8-22-13)16(18,19)20/h3-8H,21H2,1-2H3,(H,23,24). The number of pyridine rings is 1. The van der Waals surface area contributed by atoms with Crippen molar-refractivity contribution in [2.75, 3.05) is 5.32 Å². The molecule has 0 aliphatic carbocycles. The van der Waals surface area contributed by atoms with Crippen molar-refractivity contribution in [2.24, 2.45) is 5.73 Å². The molecule has 3 N–H and O–H groups in total. The fourth-order valence-corrected chi connectivity index (χ4v) is 1.67. The lowest BCUT2D eigenvalue weighted by atomic mass is 10.1. The third-order valence-electron chi connectivity index (χ3n) is 3.05. The highest BCUT2D eigenvalue weighted by Gasteiger charge is 2.30. The zero-order chi connectivity index (χ0) is 18.8. The monoisotopic (exact) mass is 357 g/mol. The quantitative estimate of drug-likeness (QED) is 0.818. The number of nitrogens with two attached hydrogens (primary N) is 1. The van der Waals surface area contributed by atoms with Crippen molar-refractivity contribution in [3.63, 3.8) is 0 Å². The minimum Gasteiger partial charge on any atom is -0.436 e. The Morgan fingerprint density at radius 3 is 2.36 bits per heavy atom. The molecule has 5 nitrogen and oxygen atoms in total. The van der Waals surface area contributed by atoms with Crippen molar-refractivity contribution in [2.45, 2.75) is 25.6 Å². The first kappa shape index (κ1) is 18.7. The molecule has 0 fully saturated rings. The van der Waals surface area contributed by atoms with Crippen molar-refractivity contribution < 1.29 is 27.1 Å². The first-order valence-electron chi connectivity index (χ1n) is 7.08. The zero-order valence-electron chi connectivity index (χ0n) is 13.3. The van der Waals surface area contributed by atoms with Crippen LogP contribution in [0.5, 0.6) is 11.6 Å². The average Bonchev–Trinajstić information content (AvgIpc) is 2.48. The van der Waals surface area contributed by atoms with E-state index in [1.807, 2.05) is 0 Å². The first-order valence-corrected chi connectivity index (χ1v) is 7.08. The van der Waals surface area contributed by atoms with Gasteiger partial charge < -0.3 is 15.8 Å². The van der Waals surface area contributed by atoms with Gasteiger partial charge in [0.2, 0.25) is 11.8 Å². The number of nitrogens with one attached hydrogen (secondary N) is 1. The number of rotatable bonds is 4. The number of benzene rings is 1. The maximum Gasteiger partial charge on any atom is 0.417 e. The van der Waals surface area contributed by atoms with E-state index in [0.717, 1.165) is 18.2 Å². The van der Waals surface area contributed by atoms with Crippen LogP contribution in [-0.2, 0) is 11.0 Å². The molecule has 0 atom stereocenters. The zero-order valence-corrected chi connectivity index (χ0v) is 13.3. The number of carbonyl (C=O) groups excluding carboxylic acids is 1. The van der Waals surface area contributed by atoms with Gasteiger partial charge in [-0.3, -0.25) is 4.79 Å². The third-order valence-corrected chi connectivity index (χ3v) is 3.05. The maximum absolute atomic E-state index is 14.0. The molecule has 25 heavy (non-hydrogen) atoms. The van der Waals surface area contributed by atoms with Gasteiger partial charge in [0.25, 0.3) is 0 Å². The number of ether oxygens (including phenoxy) is 1. The minimum absolute atomic E-state index is 0.161. The lowest BCUT2D eigenvalue weighted by Gasteiger charge is -2.18. The Bertz CT molecular complexity index is 768. The molecule has 1 heterocycles. The van der Waals surface area contributed by atoms with Crippen molar-refractivity contribution in [3.05, 3.63) is 47.9 Å². The van der Waals surface area contributed by atoms with Gasteiger partial charge in [0.1, 0.15) is 0 Å². The molecule has 134 valence electrons. The second-order valence-electron chi connectivity index (χ2n) is 5.81. The van der Waals surface area contributed by atoms with Gasteiger partial charge in [-0.2, -0.15) is 13.2 Å². The molecule has 1 aromatic heterocycles. The highest BCUT2D eigenvalue weighted by molar-refractivity contribution is 5.97. The molecule has 0 aliphatic heterocycles. The summed E-state index contributed by atoms with van der Waals surface area (Å²) >= 11 is 0. The summed E-state index contributed by atoms with van der Waals surface area (Å²) in [5.74, 6) is -1.79. The summed E-state index contributed by atoms with van der Waals surface area (Å²) in [6, 6.07) is 5.34. The number of amides is 1. The van der Waals surface area contributed by atoms with Crippen LogP contribution in [0.25, 0.3) is 0 Å². The van der Waals surface area contributed by atoms with Crippen LogP contribution in [0.15, 0.2) is 36.5 Å². The number of alkyl halides is 3. The molecular formula is C16H15F4N3O2. The Balaban J connectivity index is 2.12. The molecule has 0 unspecified atom stereocenters. The largest absolute Gasteiger partial charge is 0.436 e. The van der Waals surface area contributed by atoms with E-state index in [2.05, 4.69) is 10.3 Å². The van der Waals surface area contributed by atoms with Crippen LogP contribution >= 0.6 is 0 Å². The molecule has 1 amide bonds. The molecule has 0 saturated carbocycles. The second-order valence-corrected chi connectivity index (χ2v) is 5.81. The summed E-state index contributed by atoms with van der Waals surface area (Å²) in [5.41, 5.74) is 3.70. The summed E-state index contributed by atoms with van der Waals surface area (Å²) in [6.45, 7) is 2.99. The Labute approximate surface area is 140 Å². The third kappa shape index (κ3) is 4.90. The van der Waals surface area contributed by atoms with Crippen LogP contribution in [0, 0.1) is 5.82 Å². The molecule has 2 aromatic rings. The van der Waals surface area contributed by atoms with Crippen LogP contribution in [0.4, 0.5) is 23.2 Å². The predicted molar refractivity (Wildman–Crippen MR) is 82.6 cm³/mol. The number of hydrogen-bond acceptors (Lipinski definition) is 4. The number of hydrogen-bond donors (Lipinski definition) is 2. The Kier molecular flexibility index (Phi) is 4.98. The molecule has 0 spiro atoms. The van der Waals surface area contributed by atoms with Gasteiger partial charge in [0, 0.05) is 24.0 Å². The highest BCUT2D eigenvalue weighted by Crippen LogP contribution is 2.31. The second kappa shape index (κ2) is 6.67. The Morgan fingerprint density at radius 1 is 1.20 bits per heavy atom. The summed E-state index contributed by atoms with van der Waals surface area (Å²) in [5, 5.41) is 2.44. The van der Waals surface area contributed by atoms with E-state index in [1.165, 1.54) is 26.0 Å². The van der Waals surface area contributed by atoms with Crippen molar-refractivity contribution >= 4 is 11.6 Å². The summed E-state index contributed by atoms with van der Waals surface area (Å²) < 4.78 is 56.5. The maximum atomic E-state index is 14.0. The van der Waals surface area contributed by atoms with Gasteiger partial charge in [0.15, 0.2) is 11.6 Å². The van der Waals surface area contributed by atoms with E-state index in [9.17, 15) is 22.4 Å². The van der Waals surface area contributed by atoms with Gasteiger partial charge in [-0.25, -0.2) is 9.37 Å². The van der Waals surface area contributed by atoms with Crippen LogP contribution in [0.3, 0.4) is 0 Å². The number of carbonyl (C=O) groups is 1. The van der Waals surface area contributed by atoms with Crippen molar-refractivity contribution in [1.82, 2.24) is 4.98 Å². The average molecular weight is 357 g/mol. The van der Waals surface area contributed by atoms with Crippen LogP contribution in [-0.4, -0.2) is 16.4 Å². The van der Waals surface area contributed by atoms with E-state index in [4.69, 9.17) is 10.5 Å². The first-order chi connectivity index (χ1) is 11.5. The number of halogens is 4. The summed E-state index contributed by atoms with van der Waals surface area (Å²) in [7, 11) is 0. The van der Waals surface area contributed by atoms with Gasteiger partial charge in [-0.15, -0.1) is 0 Å². The molecule has 0 radical (unpaired) electrons. The van der Waals surface area contributed by atoms with Gasteiger partial charge in [-0.1, -0.05) is 0 Å². The molecule has 2 rings (SSSR count). The fourth-order valence-electron chi connectivity index (χ4n) is 1.67. The lowest BCUT2D eigenvalue weighted by Crippen LogP contribution is -2.45. The molecule has 1 aromatic carbocycles. The number of anilines is 1. The fraction of sp³-hybridized carbons (Fsp3) is 0.250. The smallest absolute Gasteiger partial charge is 0.417 e. The van der Waals surface area contributed by atoms with Crippen LogP contribution in [0.2, 0.25) is 0 Å². The normalized spacial score (nSPS) is 12.0. The van der Waals surface area contributed by atoms with E-state index in [0.29, 0.717) is 6.20 Å². The number of aromatic nitrogens is 1. The topological polar surface area (TPSA) is 77.2 Å². The van der Waals surface area contributed by atoms with E-state index in [-0.39, 0.29) is 17.3 Å². The lowest BCUT2D eigenvalue weighted by molar-refractivity contribution is -0.137. The molecule has 0 saturated heterocycles. The van der Waals surface area contributed by atoms with Gasteiger partial charge in [-0.05, 0) is 32.0 Å². The van der Waals surface area contributed by atoms with Crippen LogP contribution < -0.4 is 15.8 Å². The van der Waals surface area contributed by atoms with Crippen LogP contribution in [0.1, 0.15) is 19.4 Å². The van der Waals surface area contributed by atoms with Gasteiger partial charge >= 0.3 is 6.18 Å². The summed E-state index contributed by atoms with van der Waals surface area (Å²) in [6.07, 6.45) is -3.93. The molecule has 0 bridgehead atoms. The molecule has 9 heteroatoms. The number of nitrogens with zero attached hydrogens (tertiary/aromatic N) is 1. The summed E-state index contributed by atoms with van der Waals surface area (Å²) in [4.78, 5) is 15.2. The highest BCUT2D eigenvalue weighted by atomic mass is 19.4. The molecular weight excluding hydrogens is 342 g/mol. The van der Waals surface area contributed by atoms with Crippen molar-refractivity contribution in [1.29, 1.82) is 0 Å².